The summed E-state index contributed by atoms with van der Waals surface area (Å²) in [6.45, 7) is 5.21. The first kappa shape index (κ1) is 15.8. The Balaban J connectivity index is 1.59. The second-order valence-electron chi connectivity index (χ2n) is 6.61. The number of fused-ring (bicyclic) bond motifs is 1. The van der Waals surface area contributed by atoms with Crippen LogP contribution in [0.3, 0.4) is 0 Å². The van der Waals surface area contributed by atoms with E-state index in [2.05, 4.69) is 20.0 Å². The van der Waals surface area contributed by atoms with Crippen LogP contribution >= 0.6 is 0 Å². The first-order valence-electron chi connectivity index (χ1n) is 8.49. The highest BCUT2D eigenvalue weighted by atomic mass is 19.1. The number of aromatic amines is 1. The molecule has 0 aliphatic carbocycles. The molecule has 1 saturated heterocycles. The van der Waals surface area contributed by atoms with Crippen molar-refractivity contribution in [1.29, 1.82) is 0 Å². The molecule has 0 radical (unpaired) electrons. The Morgan fingerprint density at radius 2 is 1.80 bits per heavy atom. The van der Waals surface area contributed by atoms with Crippen LogP contribution in [0.1, 0.15) is 35.8 Å². The normalized spacial score (nSPS) is 15.9. The van der Waals surface area contributed by atoms with Gasteiger partial charge in [-0.3, -0.25) is 9.89 Å². The van der Waals surface area contributed by atoms with E-state index in [0.29, 0.717) is 28.9 Å². The number of rotatable bonds is 2. The lowest BCUT2D eigenvalue weighted by Gasteiger charge is -2.33. The molecule has 130 valence electrons. The zero-order valence-corrected chi connectivity index (χ0v) is 14.3. The lowest BCUT2D eigenvalue weighted by atomic mass is 9.89. The third kappa shape index (κ3) is 2.79. The molecule has 2 aromatic heterocycles. The van der Waals surface area contributed by atoms with Crippen molar-refractivity contribution in [2.75, 3.05) is 18.0 Å². The third-order valence-electron chi connectivity index (χ3n) is 4.91. The molecule has 6 nitrogen and oxygen atoms in total. The summed E-state index contributed by atoms with van der Waals surface area (Å²) < 4.78 is 14.5. The second kappa shape index (κ2) is 5.98. The molecule has 1 fully saturated rings. The maximum absolute atomic E-state index is 13.1. The van der Waals surface area contributed by atoms with E-state index in [1.54, 1.807) is 6.92 Å². The fraction of sp³-hybridized carbons (Fsp3) is 0.389. The van der Waals surface area contributed by atoms with E-state index >= 15 is 0 Å². The summed E-state index contributed by atoms with van der Waals surface area (Å²) in [6.07, 6.45) is 1.85. The van der Waals surface area contributed by atoms with E-state index in [1.165, 1.54) is 16.6 Å². The van der Waals surface area contributed by atoms with E-state index in [0.717, 1.165) is 31.5 Å². The Bertz CT molecular complexity index is 968. The molecule has 1 N–H and O–H groups in total. The molecule has 0 atom stereocenters. The maximum atomic E-state index is 13.1. The van der Waals surface area contributed by atoms with Crippen molar-refractivity contribution < 1.29 is 4.39 Å². The molecule has 0 saturated carbocycles. The molecular formula is C18H20FN5O. The van der Waals surface area contributed by atoms with Crippen molar-refractivity contribution in [3.05, 3.63) is 57.5 Å². The number of anilines is 1. The Morgan fingerprint density at radius 1 is 1.12 bits per heavy atom. The van der Waals surface area contributed by atoms with Gasteiger partial charge in [-0.05, 0) is 50.3 Å². The minimum absolute atomic E-state index is 0.108. The van der Waals surface area contributed by atoms with Crippen LogP contribution in [-0.2, 0) is 0 Å². The van der Waals surface area contributed by atoms with Crippen LogP contribution < -0.4 is 10.5 Å². The van der Waals surface area contributed by atoms with Gasteiger partial charge in [-0.2, -0.15) is 9.50 Å². The Hall–Kier alpha value is -2.70. The molecule has 4 rings (SSSR count). The van der Waals surface area contributed by atoms with E-state index in [-0.39, 0.29) is 11.4 Å². The maximum Gasteiger partial charge on any atom is 0.297 e. The number of piperidine rings is 1. The molecule has 3 aromatic rings. The Kier molecular flexibility index (Phi) is 3.78. The van der Waals surface area contributed by atoms with Gasteiger partial charge in [0.25, 0.3) is 11.3 Å². The van der Waals surface area contributed by atoms with Crippen molar-refractivity contribution in [3.63, 3.8) is 0 Å². The fourth-order valence-corrected chi connectivity index (χ4v) is 3.65. The van der Waals surface area contributed by atoms with E-state index in [1.807, 2.05) is 19.1 Å². The third-order valence-corrected chi connectivity index (χ3v) is 4.91. The summed E-state index contributed by atoms with van der Waals surface area (Å²) in [4.78, 5) is 23.6. The van der Waals surface area contributed by atoms with Crippen LogP contribution in [0.4, 0.5) is 10.1 Å². The highest BCUT2D eigenvalue weighted by Crippen LogP contribution is 2.30. The monoisotopic (exact) mass is 341 g/mol. The number of nitrogens with one attached hydrogen (secondary N) is 1. The number of halogens is 1. The molecule has 1 aromatic carbocycles. The zero-order chi connectivity index (χ0) is 17.6. The zero-order valence-electron chi connectivity index (χ0n) is 14.3. The molecule has 1 aliphatic rings. The van der Waals surface area contributed by atoms with Gasteiger partial charge in [-0.15, -0.1) is 0 Å². The summed E-state index contributed by atoms with van der Waals surface area (Å²) in [7, 11) is 0. The van der Waals surface area contributed by atoms with Gasteiger partial charge < -0.3 is 4.90 Å². The van der Waals surface area contributed by atoms with Gasteiger partial charge >= 0.3 is 0 Å². The number of hydrogen-bond acceptors (Lipinski definition) is 4. The fourth-order valence-electron chi connectivity index (χ4n) is 3.65. The summed E-state index contributed by atoms with van der Waals surface area (Å²) in [5.74, 6) is 1.26. The molecule has 3 heterocycles. The molecule has 7 heteroatoms. The smallest absolute Gasteiger partial charge is 0.297 e. The van der Waals surface area contributed by atoms with Crippen molar-refractivity contribution >= 4 is 11.5 Å². The SMILES string of the molecule is Cc1nc2nc(C)c(N3CCC(c4ccc(F)cc4)CC3)c(=O)n2[nH]1. The van der Waals surface area contributed by atoms with E-state index in [4.69, 9.17) is 0 Å². The minimum atomic E-state index is -0.209. The molecule has 25 heavy (non-hydrogen) atoms. The van der Waals surface area contributed by atoms with Crippen molar-refractivity contribution in [2.45, 2.75) is 32.6 Å². The van der Waals surface area contributed by atoms with Crippen molar-refractivity contribution in [1.82, 2.24) is 19.6 Å². The Labute approximate surface area is 144 Å². The van der Waals surface area contributed by atoms with Gasteiger partial charge in [-0.1, -0.05) is 12.1 Å². The summed E-state index contributed by atoms with van der Waals surface area (Å²) in [5.41, 5.74) is 2.39. The first-order chi connectivity index (χ1) is 12.0. The summed E-state index contributed by atoms with van der Waals surface area (Å²) in [5, 5.41) is 2.94. The van der Waals surface area contributed by atoms with Gasteiger partial charge in [0.1, 0.15) is 17.3 Å². The molecule has 0 bridgehead atoms. The van der Waals surface area contributed by atoms with Crippen LogP contribution in [0.25, 0.3) is 5.78 Å². The van der Waals surface area contributed by atoms with Crippen LogP contribution in [0.5, 0.6) is 0 Å². The summed E-state index contributed by atoms with van der Waals surface area (Å²) in [6, 6.07) is 6.74. The van der Waals surface area contributed by atoms with E-state index < -0.39 is 0 Å². The van der Waals surface area contributed by atoms with Crippen LogP contribution in [-0.4, -0.2) is 32.7 Å². The number of aryl methyl sites for hydroxylation is 2. The van der Waals surface area contributed by atoms with Gasteiger partial charge in [0, 0.05) is 13.1 Å². The molecular weight excluding hydrogens is 321 g/mol. The lowest BCUT2D eigenvalue weighted by molar-refractivity contribution is 0.502. The standard InChI is InChI=1S/C18H20FN5O/c1-11-16(17(25)24-18(20-11)21-12(2)22-24)23-9-7-14(8-10-23)13-3-5-15(19)6-4-13/h3-6,14H,7-10H2,1-2H3,(H,20,21,22). The lowest BCUT2D eigenvalue weighted by Crippen LogP contribution is -2.38. The summed E-state index contributed by atoms with van der Waals surface area (Å²) >= 11 is 0. The number of hydrogen-bond donors (Lipinski definition) is 1. The second-order valence-corrected chi connectivity index (χ2v) is 6.61. The van der Waals surface area contributed by atoms with Gasteiger partial charge in [0.15, 0.2) is 0 Å². The van der Waals surface area contributed by atoms with Crippen molar-refractivity contribution in [2.24, 2.45) is 0 Å². The average molecular weight is 341 g/mol. The number of nitrogens with zero attached hydrogens (tertiary/aromatic N) is 4. The molecule has 0 amide bonds. The van der Waals surface area contributed by atoms with Crippen molar-refractivity contribution in [3.8, 4) is 0 Å². The quantitative estimate of drug-likeness (QED) is 0.778. The van der Waals surface area contributed by atoms with Crippen LogP contribution in [0, 0.1) is 19.7 Å². The van der Waals surface area contributed by atoms with Gasteiger partial charge in [-0.25, -0.2) is 9.37 Å². The molecule has 0 spiro atoms. The van der Waals surface area contributed by atoms with E-state index in [9.17, 15) is 9.18 Å². The number of benzene rings is 1. The predicted molar refractivity (Wildman–Crippen MR) is 93.7 cm³/mol. The van der Waals surface area contributed by atoms with Gasteiger partial charge in [0.2, 0.25) is 0 Å². The predicted octanol–water partition coefficient (Wildman–Crippen LogP) is 2.56. The van der Waals surface area contributed by atoms with Crippen LogP contribution in [0.2, 0.25) is 0 Å². The topological polar surface area (TPSA) is 66.3 Å². The highest BCUT2D eigenvalue weighted by molar-refractivity contribution is 5.52. The highest BCUT2D eigenvalue weighted by Gasteiger charge is 2.25. The Morgan fingerprint density at radius 3 is 2.48 bits per heavy atom. The number of H-pyrrole nitrogens is 1. The largest absolute Gasteiger partial charge is 0.365 e. The number of aromatic nitrogens is 4. The van der Waals surface area contributed by atoms with Crippen LogP contribution in [0.15, 0.2) is 29.1 Å². The minimum Gasteiger partial charge on any atom is -0.365 e. The first-order valence-corrected chi connectivity index (χ1v) is 8.49. The average Bonchev–Trinajstić information content (AvgIpc) is 2.97. The molecule has 1 aliphatic heterocycles. The molecule has 0 unspecified atom stereocenters. The van der Waals surface area contributed by atoms with Gasteiger partial charge in [0.05, 0.1) is 5.69 Å².